The molecule has 0 aromatic heterocycles. The van der Waals surface area contributed by atoms with Gasteiger partial charge in [0.2, 0.25) is 0 Å². The fourth-order valence-electron chi connectivity index (χ4n) is 2.53. The number of likely N-dealkylation sites (tertiary alicyclic amines) is 1. The summed E-state index contributed by atoms with van der Waals surface area (Å²) in [4.78, 5) is 25.6. The summed E-state index contributed by atoms with van der Waals surface area (Å²) in [5.41, 5.74) is 0.413. The molecular formula is C19H27NO5. The molecule has 1 atom stereocenters. The van der Waals surface area contributed by atoms with Crippen LogP contribution in [0, 0.1) is 0 Å². The first-order valence-electron chi connectivity index (χ1n) is 8.62. The Morgan fingerprint density at radius 1 is 1.20 bits per heavy atom. The van der Waals surface area contributed by atoms with Gasteiger partial charge in [-0.3, -0.25) is 0 Å². The molecule has 1 unspecified atom stereocenters. The van der Waals surface area contributed by atoms with E-state index < -0.39 is 11.6 Å². The van der Waals surface area contributed by atoms with Gasteiger partial charge in [-0.2, -0.15) is 0 Å². The van der Waals surface area contributed by atoms with Crippen molar-refractivity contribution in [2.75, 3.05) is 19.7 Å². The number of piperidine rings is 1. The SMILES string of the molecule is CC(C)(C)OC(=O)N1CCCC(OCC(=O)OCc2ccccc2)C1. The molecule has 25 heavy (non-hydrogen) atoms. The Hall–Kier alpha value is -2.08. The lowest BCUT2D eigenvalue weighted by molar-refractivity contribution is -0.153. The Kier molecular flexibility index (Phi) is 6.82. The summed E-state index contributed by atoms with van der Waals surface area (Å²) in [6.45, 7) is 6.72. The molecule has 0 aliphatic carbocycles. The fraction of sp³-hybridized carbons (Fsp3) is 0.579. The van der Waals surface area contributed by atoms with Crippen LogP contribution in [-0.2, 0) is 25.6 Å². The molecule has 0 saturated carbocycles. The van der Waals surface area contributed by atoms with E-state index in [-0.39, 0.29) is 25.4 Å². The van der Waals surface area contributed by atoms with Gasteiger partial charge in [0.15, 0.2) is 0 Å². The molecule has 1 aliphatic rings. The Morgan fingerprint density at radius 2 is 1.92 bits per heavy atom. The van der Waals surface area contributed by atoms with E-state index in [4.69, 9.17) is 14.2 Å². The van der Waals surface area contributed by atoms with Gasteiger partial charge >= 0.3 is 12.1 Å². The molecule has 1 amide bonds. The van der Waals surface area contributed by atoms with Gasteiger partial charge in [-0.25, -0.2) is 9.59 Å². The van der Waals surface area contributed by atoms with Crippen molar-refractivity contribution in [3.63, 3.8) is 0 Å². The van der Waals surface area contributed by atoms with Crippen LogP contribution in [0.2, 0.25) is 0 Å². The van der Waals surface area contributed by atoms with Crippen LogP contribution in [0.25, 0.3) is 0 Å². The van der Waals surface area contributed by atoms with Crippen molar-refractivity contribution in [1.82, 2.24) is 4.90 Å². The zero-order chi connectivity index (χ0) is 18.3. The second-order valence-electron chi connectivity index (χ2n) is 7.15. The minimum atomic E-state index is -0.522. The van der Waals surface area contributed by atoms with E-state index in [1.165, 1.54) is 0 Å². The van der Waals surface area contributed by atoms with E-state index in [0.29, 0.717) is 13.1 Å². The number of ether oxygens (including phenoxy) is 3. The number of benzene rings is 1. The average Bonchev–Trinajstić information content (AvgIpc) is 2.58. The predicted octanol–water partition coefficient (Wildman–Crippen LogP) is 3.15. The van der Waals surface area contributed by atoms with Crippen molar-refractivity contribution in [1.29, 1.82) is 0 Å². The minimum absolute atomic E-state index is 0.111. The van der Waals surface area contributed by atoms with Crippen LogP contribution in [-0.4, -0.2) is 48.4 Å². The first kappa shape index (κ1) is 19.2. The van der Waals surface area contributed by atoms with Gasteiger partial charge in [0.1, 0.15) is 18.8 Å². The zero-order valence-corrected chi connectivity index (χ0v) is 15.2. The number of nitrogens with zero attached hydrogens (tertiary/aromatic N) is 1. The normalized spacial score (nSPS) is 17.9. The number of carbonyl (C=O) groups is 2. The van der Waals surface area contributed by atoms with Crippen molar-refractivity contribution in [3.8, 4) is 0 Å². The highest BCUT2D eigenvalue weighted by Crippen LogP contribution is 2.17. The Balaban J connectivity index is 1.71. The second kappa shape index (κ2) is 8.85. The maximum Gasteiger partial charge on any atom is 0.410 e. The molecule has 1 aromatic carbocycles. The van der Waals surface area contributed by atoms with Crippen molar-refractivity contribution in [2.45, 2.75) is 51.9 Å². The second-order valence-corrected chi connectivity index (χ2v) is 7.15. The van der Waals surface area contributed by atoms with E-state index in [2.05, 4.69) is 0 Å². The molecule has 1 heterocycles. The molecule has 1 aromatic rings. The number of rotatable bonds is 5. The summed E-state index contributed by atoms with van der Waals surface area (Å²) in [6, 6.07) is 9.50. The maximum absolute atomic E-state index is 12.1. The lowest BCUT2D eigenvalue weighted by Crippen LogP contribution is -2.45. The lowest BCUT2D eigenvalue weighted by atomic mass is 10.1. The molecule has 138 valence electrons. The standard InChI is InChI=1S/C19H27NO5/c1-19(2,3)25-18(22)20-11-7-10-16(12-20)23-14-17(21)24-13-15-8-5-4-6-9-15/h4-6,8-9,16H,7,10-14H2,1-3H3. The topological polar surface area (TPSA) is 65.1 Å². The monoisotopic (exact) mass is 349 g/mol. The van der Waals surface area contributed by atoms with Gasteiger partial charge in [0.25, 0.3) is 0 Å². The molecule has 1 aliphatic heterocycles. The number of amides is 1. The average molecular weight is 349 g/mol. The van der Waals surface area contributed by atoms with Crippen molar-refractivity contribution < 1.29 is 23.8 Å². The van der Waals surface area contributed by atoms with Crippen LogP contribution >= 0.6 is 0 Å². The van der Waals surface area contributed by atoms with E-state index in [9.17, 15) is 9.59 Å². The van der Waals surface area contributed by atoms with Crippen LogP contribution in [0.3, 0.4) is 0 Å². The summed E-state index contributed by atoms with van der Waals surface area (Å²) in [5, 5.41) is 0. The Morgan fingerprint density at radius 3 is 2.60 bits per heavy atom. The van der Waals surface area contributed by atoms with E-state index in [1.807, 2.05) is 51.1 Å². The van der Waals surface area contributed by atoms with Crippen LogP contribution in [0.4, 0.5) is 4.79 Å². The Labute approximate surface area is 149 Å². The number of esters is 1. The first-order valence-corrected chi connectivity index (χ1v) is 8.62. The molecule has 6 nitrogen and oxygen atoms in total. The van der Waals surface area contributed by atoms with Crippen LogP contribution in [0.15, 0.2) is 30.3 Å². The van der Waals surface area contributed by atoms with Gasteiger partial charge in [-0.15, -0.1) is 0 Å². The molecule has 1 fully saturated rings. The largest absolute Gasteiger partial charge is 0.459 e. The maximum atomic E-state index is 12.1. The smallest absolute Gasteiger partial charge is 0.410 e. The highest BCUT2D eigenvalue weighted by Gasteiger charge is 2.28. The summed E-state index contributed by atoms with van der Waals surface area (Å²) < 4.78 is 16.2. The molecule has 0 bridgehead atoms. The van der Waals surface area contributed by atoms with Crippen molar-refractivity contribution in [2.24, 2.45) is 0 Å². The third-order valence-electron chi connectivity index (χ3n) is 3.71. The van der Waals surface area contributed by atoms with Gasteiger partial charge in [0.05, 0.1) is 12.6 Å². The van der Waals surface area contributed by atoms with Crippen LogP contribution in [0.5, 0.6) is 0 Å². The van der Waals surface area contributed by atoms with Crippen molar-refractivity contribution >= 4 is 12.1 Å². The molecule has 2 rings (SSSR count). The zero-order valence-electron chi connectivity index (χ0n) is 15.2. The van der Waals surface area contributed by atoms with Crippen LogP contribution in [0.1, 0.15) is 39.2 Å². The van der Waals surface area contributed by atoms with Gasteiger partial charge in [-0.05, 0) is 39.2 Å². The summed E-state index contributed by atoms with van der Waals surface area (Å²) in [7, 11) is 0. The summed E-state index contributed by atoms with van der Waals surface area (Å²) >= 11 is 0. The molecule has 6 heteroatoms. The predicted molar refractivity (Wildman–Crippen MR) is 93.0 cm³/mol. The summed E-state index contributed by atoms with van der Waals surface area (Å²) in [6.07, 6.45) is 1.12. The van der Waals surface area contributed by atoms with Gasteiger partial charge in [0, 0.05) is 6.54 Å². The molecular weight excluding hydrogens is 322 g/mol. The molecule has 0 radical (unpaired) electrons. The molecule has 1 saturated heterocycles. The van der Waals surface area contributed by atoms with E-state index in [0.717, 1.165) is 18.4 Å². The van der Waals surface area contributed by atoms with E-state index in [1.54, 1.807) is 4.90 Å². The molecule has 0 spiro atoms. The Bertz CT molecular complexity index is 567. The highest BCUT2D eigenvalue weighted by atomic mass is 16.6. The first-order chi connectivity index (χ1) is 11.8. The van der Waals surface area contributed by atoms with Crippen LogP contribution < -0.4 is 0 Å². The van der Waals surface area contributed by atoms with E-state index >= 15 is 0 Å². The number of hydrogen-bond donors (Lipinski definition) is 0. The summed E-state index contributed by atoms with van der Waals surface area (Å²) in [5.74, 6) is -0.404. The quantitative estimate of drug-likeness (QED) is 0.764. The highest BCUT2D eigenvalue weighted by molar-refractivity contribution is 5.70. The minimum Gasteiger partial charge on any atom is -0.459 e. The number of carbonyl (C=O) groups excluding carboxylic acids is 2. The third kappa shape index (κ3) is 7.13. The van der Waals surface area contributed by atoms with Gasteiger partial charge in [-0.1, -0.05) is 30.3 Å². The van der Waals surface area contributed by atoms with Crippen molar-refractivity contribution in [3.05, 3.63) is 35.9 Å². The third-order valence-corrected chi connectivity index (χ3v) is 3.71. The molecule has 0 N–H and O–H groups in total. The lowest BCUT2D eigenvalue weighted by Gasteiger charge is -2.33. The van der Waals surface area contributed by atoms with Gasteiger partial charge < -0.3 is 19.1 Å². The number of hydrogen-bond acceptors (Lipinski definition) is 5. The fourth-order valence-corrected chi connectivity index (χ4v) is 2.53.